The summed E-state index contributed by atoms with van der Waals surface area (Å²) in [6, 6.07) is 22.7. The standard InChI is InChI=1S/C34H30BrN3O4S/c1-5-37(6-2)33(40)29-20(3)36-34-38(31(29)30-25-13-8-7-10-21(25)14-16-27(30)41-4)32(39)28(43-34)19-24-15-17-26(42-24)22-11-9-12-23(35)18-22/h7-19,31H,5-6H2,1-4H3/b28-19+/t31-/m1/s1. The van der Waals surface area contributed by atoms with Gasteiger partial charge in [0, 0.05) is 34.8 Å². The van der Waals surface area contributed by atoms with Crippen molar-refractivity contribution in [1.29, 1.82) is 0 Å². The third-order valence-electron chi connectivity index (χ3n) is 7.74. The van der Waals surface area contributed by atoms with Gasteiger partial charge in [-0.15, -0.1) is 0 Å². The molecule has 3 heterocycles. The van der Waals surface area contributed by atoms with Gasteiger partial charge in [-0.05, 0) is 61.9 Å². The molecule has 3 aromatic carbocycles. The van der Waals surface area contributed by atoms with Crippen LogP contribution in [0, 0.1) is 0 Å². The summed E-state index contributed by atoms with van der Waals surface area (Å²) >= 11 is 4.79. The molecule has 0 bridgehead atoms. The van der Waals surface area contributed by atoms with Crippen LogP contribution in [0.4, 0.5) is 0 Å². The van der Waals surface area contributed by atoms with Crippen LogP contribution in [0.5, 0.6) is 5.75 Å². The number of halogens is 1. The summed E-state index contributed by atoms with van der Waals surface area (Å²) in [5.74, 6) is 1.70. The van der Waals surface area contributed by atoms with Crippen molar-refractivity contribution in [3.8, 4) is 17.1 Å². The van der Waals surface area contributed by atoms with Crippen LogP contribution in [0.25, 0.3) is 28.2 Å². The van der Waals surface area contributed by atoms with E-state index in [1.807, 2.05) is 93.6 Å². The second-order valence-electron chi connectivity index (χ2n) is 10.2. The number of thiazole rings is 1. The van der Waals surface area contributed by atoms with Crippen molar-refractivity contribution in [3.63, 3.8) is 0 Å². The van der Waals surface area contributed by atoms with E-state index in [2.05, 4.69) is 15.9 Å². The third-order valence-corrected chi connectivity index (χ3v) is 9.21. The van der Waals surface area contributed by atoms with Crippen LogP contribution < -0.4 is 19.6 Å². The SMILES string of the molecule is CCN(CC)C(=O)C1=C(C)N=c2s/c(=C/c3ccc(-c4cccc(Br)c4)o3)c(=O)n2[C@H]1c1c(OC)ccc2ccccc12. The first-order valence-electron chi connectivity index (χ1n) is 14.1. The molecule has 1 amide bonds. The van der Waals surface area contributed by atoms with Gasteiger partial charge in [0.25, 0.3) is 11.5 Å². The zero-order chi connectivity index (χ0) is 30.2. The first kappa shape index (κ1) is 28.9. The monoisotopic (exact) mass is 655 g/mol. The molecule has 6 rings (SSSR count). The number of fused-ring (bicyclic) bond motifs is 2. The molecule has 43 heavy (non-hydrogen) atoms. The maximum absolute atomic E-state index is 14.3. The molecule has 0 aliphatic carbocycles. The third kappa shape index (κ3) is 5.17. The number of aromatic nitrogens is 1. The average molecular weight is 657 g/mol. The zero-order valence-electron chi connectivity index (χ0n) is 24.3. The molecular formula is C34H30BrN3O4S. The Morgan fingerprint density at radius 1 is 1.09 bits per heavy atom. The fraction of sp³-hybridized carbons (Fsp3) is 0.206. The smallest absolute Gasteiger partial charge is 0.271 e. The second-order valence-corrected chi connectivity index (χ2v) is 12.1. The molecule has 5 aromatic rings. The fourth-order valence-electron chi connectivity index (χ4n) is 5.64. The van der Waals surface area contributed by atoms with Gasteiger partial charge in [0.2, 0.25) is 0 Å². The van der Waals surface area contributed by atoms with Crippen LogP contribution in [0.2, 0.25) is 0 Å². The normalized spacial score (nSPS) is 15.0. The van der Waals surface area contributed by atoms with E-state index >= 15 is 0 Å². The quantitative estimate of drug-likeness (QED) is 0.207. The Balaban J connectivity index is 1.58. The molecule has 7 nitrogen and oxygen atoms in total. The summed E-state index contributed by atoms with van der Waals surface area (Å²) in [4.78, 5) is 35.5. The lowest BCUT2D eigenvalue weighted by Crippen LogP contribution is -2.43. The largest absolute Gasteiger partial charge is 0.496 e. The van der Waals surface area contributed by atoms with Gasteiger partial charge in [0.05, 0.1) is 22.9 Å². The molecule has 1 aliphatic heterocycles. The summed E-state index contributed by atoms with van der Waals surface area (Å²) < 4.78 is 15.1. The number of hydrogen-bond acceptors (Lipinski definition) is 6. The molecule has 0 saturated carbocycles. The van der Waals surface area contributed by atoms with Crippen molar-refractivity contribution in [2.24, 2.45) is 4.99 Å². The molecule has 0 saturated heterocycles. The number of amides is 1. The van der Waals surface area contributed by atoms with Crippen LogP contribution in [-0.2, 0) is 4.79 Å². The Morgan fingerprint density at radius 2 is 1.88 bits per heavy atom. The number of carbonyl (C=O) groups is 1. The molecular weight excluding hydrogens is 626 g/mol. The summed E-state index contributed by atoms with van der Waals surface area (Å²) in [6.07, 6.45) is 1.74. The topological polar surface area (TPSA) is 77.0 Å². The first-order valence-corrected chi connectivity index (χ1v) is 15.7. The molecule has 0 fully saturated rings. The van der Waals surface area contributed by atoms with E-state index in [-0.39, 0.29) is 11.5 Å². The first-order chi connectivity index (χ1) is 20.8. The minimum Gasteiger partial charge on any atom is -0.496 e. The highest BCUT2D eigenvalue weighted by molar-refractivity contribution is 9.10. The van der Waals surface area contributed by atoms with Crippen LogP contribution in [0.1, 0.15) is 38.1 Å². The van der Waals surface area contributed by atoms with Crippen molar-refractivity contribution in [3.05, 3.63) is 120 Å². The van der Waals surface area contributed by atoms with Gasteiger partial charge < -0.3 is 14.1 Å². The number of rotatable bonds is 7. The lowest BCUT2D eigenvalue weighted by Gasteiger charge is -2.30. The number of carbonyl (C=O) groups excluding carboxylic acids is 1. The summed E-state index contributed by atoms with van der Waals surface area (Å²) in [7, 11) is 1.61. The van der Waals surface area contributed by atoms with E-state index < -0.39 is 6.04 Å². The van der Waals surface area contributed by atoms with E-state index in [4.69, 9.17) is 14.1 Å². The Kier molecular flexibility index (Phi) is 7.94. The lowest BCUT2D eigenvalue weighted by atomic mass is 9.90. The molecule has 218 valence electrons. The molecule has 1 aliphatic rings. The number of allylic oxidation sites excluding steroid dienone is 1. The number of nitrogens with zero attached hydrogens (tertiary/aromatic N) is 3. The van der Waals surface area contributed by atoms with Crippen LogP contribution in [0.15, 0.2) is 103 Å². The highest BCUT2D eigenvalue weighted by Crippen LogP contribution is 2.40. The number of likely N-dealkylation sites (N-methyl/N-ethyl adjacent to an activating group) is 1. The molecule has 9 heteroatoms. The predicted molar refractivity (Wildman–Crippen MR) is 174 cm³/mol. The fourth-order valence-corrected chi connectivity index (χ4v) is 7.07. The van der Waals surface area contributed by atoms with Gasteiger partial charge >= 0.3 is 0 Å². The second kappa shape index (κ2) is 11.8. The molecule has 2 aromatic heterocycles. The Morgan fingerprint density at radius 3 is 2.63 bits per heavy atom. The minimum absolute atomic E-state index is 0.148. The van der Waals surface area contributed by atoms with E-state index in [0.29, 0.717) is 51.0 Å². The average Bonchev–Trinajstić information content (AvgIpc) is 3.60. The summed E-state index contributed by atoms with van der Waals surface area (Å²) in [5, 5.41) is 1.89. The van der Waals surface area contributed by atoms with E-state index in [9.17, 15) is 9.59 Å². The number of ether oxygens (including phenoxy) is 1. The molecule has 0 N–H and O–H groups in total. The number of furan rings is 1. The van der Waals surface area contributed by atoms with E-state index in [1.165, 1.54) is 11.3 Å². The van der Waals surface area contributed by atoms with Gasteiger partial charge in [0.1, 0.15) is 23.3 Å². The van der Waals surface area contributed by atoms with E-state index in [1.54, 1.807) is 22.7 Å². The molecule has 0 radical (unpaired) electrons. The number of hydrogen-bond donors (Lipinski definition) is 0. The van der Waals surface area contributed by atoms with Gasteiger partial charge in [-0.1, -0.05) is 69.7 Å². The zero-order valence-corrected chi connectivity index (χ0v) is 26.7. The summed E-state index contributed by atoms with van der Waals surface area (Å²) in [5.41, 5.74) is 2.48. The number of methoxy groups -OCH3 is 1. The van der Waals surface area contributed by atoms with Crippen molar-refractivity contribution in [1.82, 2.24) is 9.47 Å². The van der Waals surface area contributed by atoms with Crippen molar-refractivity contribution in [2.75, 3.05) is 20.2 Å². The molecule has 0 spiro atoms. The van der Waals surface area contributed by atoms with Crippen LogP contribution >= 0.6 is 27.3 Å². The van der Waals surface area contributed by atoms with Gasteiger partial charge in [0.15, 0.2) is 4.80 Å². The van der Waals surface area contributed by atoms with Gasteiger partial charge in [-0.3, -0.25) is 14.2 Å². The minimum atomic E-state index is -0.735. The van der Waals surface area contributed by atoms with Crippen molar-refractivity contribution in [2.45, 2.75) is 26.8 Å². The van der Waals surface area contributed by atoms with Crippen molar-refractivity contribution >= 4 is 50.0 Å². The van der Waals surface area contributed by atoms with Crippen LogP contribution in [-0.4, -0.2) is 35.6 Å². The maximum Gasteiger partial charge on any atom is 0.271 e. The number of benzene rings is 3. The van der Waals surface area contributed by atoms with E-state index in [0.717, 1.165) is 26.4 Å². The lowest BCUT2D eigenvalue weighted by molar-refractivity contribution is -0.127. The van der Waals surface area contributed by atoms with Gasteiger partial charge in [-0.25, -0.2) is 4.99 Å². The summed E-state index contributed by atoms with van der Waals surface area (Å²) in [6.45, 7) is 6.82. The Labute approximate surface area is 261 Å². The highest BCUT2D eigenvalue weighted by atomic mass is 79.9. The maximum atomic E-state index is 14.3. The highest BCUT2D eigenvalue weighted by Gasteiger charge is 2.36. The predicted octanol–water partition coefficient (Wildman–Crippen LogP) is 6.29. The van der Waals surface area contributed by atoms with Gasteiger partial charge in [-0.2, -0.15) is 0 Å². The van der Waals surface area contributed by atoms with Crippen molar-refractivity contribution < 1.29 is 13.9 Å². The molecule has 0 unspecified atom stereocenters. The Bertz CT molecular complexity index is 2080. The molecule has 1 atom stereocenters. The van der Waals surface area contributed by atoms with Crippen LogP contribution in [0.3, 0.4) is 0 Å². The Hall–Kier alpha value is -4.21.